The van der Waals surface area contributed by atoms with Crippen LogP contribution in [0.5, 0.6) is 0 Å². The molecule has 0 aromatic rings. The minimum absolute atomic E-state index is 0.334. The van der Waals surface area contributed by atoms with E-state index in [9.17, 15) is 8.42 Å². The first kappa shape index (κ1) is 10.5. The highest BCUT2D eigenvalue weighted by Crippen LogP contribution is 1.90. The van der Waals surface area contributed by atoms with E-state index in [1.54, 1.807) is 0 Å². The van der Waals surface area contributed by atoms with Gasteiger partial charge in [-0.25, -0.2) is 0 Å². The highest BCUT2D eigenvalue weighted by molar-refractivity contribution is 7.97. The summed E-state index contributed by atoms with van der Waals surface area (Å²) in [6, 6.07) is 0. The summed E-state index contributed by atoms with van der Waals surface area (Å²) in [4.78, 5) is 0. The molecule has 11 heavy (non-hydrogen) atoms. The molecule has 0 aromatic carbocycles. The Morgan fingerprint density at radius 3 is 2.73 bits per heavy atom. The van der Waals surface area contributed by atoms with Crippen molar-refractivity contribution in [2.45, 2.75) is 6.92 Å². The van der Waals surface area contributed by atoms with Crippen molar-refractivity contribution in [1.29, 1.82) is 0 Å². The standard InChI is InChI=1S/C3H9N3O3S2/c1-2-10-5-3(4)6-11(7,8)9/h2H2,1H3,(H3,4,5,6)(H,7,8,9). The van der Waals surface area contributed by atoms with Gasteiger partial charge in [-0.3, -0.25) is 9.27 Å². The predicted octanol–water partition coefficient (Wildman–Crippen LogP) is -0.638. The van der Waals surface area contributed by atoms with E-state index in [4.69, 9.17) is 10.3 Å². The largest absolute Gasteiger partial charge is 0.381 e. The van der Waals surface area contributed by atoms with E-state index in [1.165, 1.54) is 11.9 Å². The third-order valence-corrected chi connectivity index (χ3v) is 1.60. The van der Waals surface area contributed by atoms with Gasteiger partial charge in [-0.05, 0) is 0 Å². The molecule has 8 heteroatoms. The van der Waals surface area contributed by atoms with Crippen molar-refractivity contribution in [3.8, 4) is 0 Å². The molecule has 0 amide bonds. The fourth-order valence-electron chi connectivity index (χ4n) is 0.289. The van der Waals surface area contributed by atoms with Gasteiger partial charge in [0.05, 0.1) is 0 Å². The molecule has 0 aliphatic rings. The Bertz CT molecular complexity index is 234. The van der Waals surface area contributed by atoms with Crippen LogP contribution in [0.25, 0.3) is 0 Å². The van der Waals surface area contributed by atoms with Gasteiger partial charge in [-0.2, -0.15) is 8.42 Å². The molecule has 0 bridgehead atoms. The molecule has 0 fully saturated rings. The number of hydrogen-bond acceptors (Lipinski definition) is 3. The molecule has 66 valence electrons. The summed E-state index contributed by atoms with van der Waals surface area (Å²) >= 11 is 1.18. The van der Waals surface area contributed by atoms with Crippen molar-refractivity contribution >= 4 is 28.2 Å². The highest BCUT2D eigenvalue weighted by Gasteiger charge is 2.00. The van der Waals surface area contributed by atoms with Gasteiger partial charge in [0.25, 0.3) is 0 Å². The lowest BCUT2D eigenvalue weighted by atomic mass is 11.0. The number of guanidine groups is 1. The number of rotatable bonds is 3. The quantitative estimate of drug-likeness (QED) is 0.242. The molecule has 0 aliphatic heterocycles. The SMILES string of the molecule is CCSNC(N)=NS(=O)(=O)O. The lowest BCUT2D eigenvalue weighted by molar-refractivity contribution is 0.485. The Kier molecular flexibility index (Phi) is 4.23. The second kappa shape index (κ2) is 4.42. The molecule has 0 saturated carbocycles. The number of nitrogens with zero attached hydrogens (tertiary/aromatic N) is 1. The molecule has 6 nitrogen and oxygen atoms in total. The number of nitrogens with one attached hydrogen (secondary N) is 1. The molecular weight excluding hydrogens is 190 g/mol. The highest BCUT2D eigenvalue weighted by atomic mass is 32.2. The van der Waals surface area contributed by atoms with Crippen LogP contribution in [0, 0.1) is 0 Å². The topological polar surface area (TPSA) is 105 Å². The first-order chi connectivity index (χ1) is 4.95. The van der Waals surface area contributed by atoms with Gasteiger partial charge in [0.2, 0.25) is 5.96 Å². The lowest BCUT2D eigenvalue weighted by Gasteiger charge is -1.99. The van der Waals surface area contributed by atoms with E-state index >= 15 is 0 Å². The molecule has 0 rings (SSSR count). The maximum absolute atomic E-state index is 10.0. The van der Waals surface area contributed by atoms with Crippen LogP contribution in [0.15, 0.2) is 4.40 Å². The van der Waals surface area contributed by atoms with Crippen LogP contribution in [0.2, 0.25) is 0 Å². The summed E-state index contributed by atoms with van der Waals surface area (Å²) < 4.78 is 33.4. The third kappa shape index (κ3) is 7.43. The fourth-order valence-corrected chi connectivity index (χ4v) is 0.979. The van der Waals surface area contributed by atoms with E-state index < -0.39 is 10.3 Å². The zero-order valence-corrected chi connectivity index (χ0v) is 7.44. The number of nitrogens with two attached hydrogens (primary N) is 1. The van der Waals surface area contributed by atoms with Crippen LogP contribution in [0.4, 0.5) is 0 Å². The van der Waals surface area contributed by atoms with Crippen molar-refractivity contribution < 1.29 is 13.0 Å². The predicted molar refractivity (Wildman–Crippen MR) is 44.4 cm³/mol. The third-order valence-electron chi connectivity index (χ3n) is 0.535. The first-order valence-electron chi connectivity index (χ1n) is 2.66. The lowest BCUT2D eigenvalue weighted by Crippen LogP contribution is -2.27. The van der Waals surface area contributed by atoms with E-state index in [2.05, 4.69) is 9.12 Å². The minimum Gasteiger partial charge on any atom is -0.368 e. The van der Waals surface area contributed by atoms with Gasteiger partial charge in [0.15, 0.2) is 0 Å². The van der Waals surface area contributed by atoms with Crippen molar-refractivity contribution in [1.82, 2.24) is 4.72 Å². The maximum Gasteiger partial charge on any atom is 0.381 e. The van der Waals surface area contributed by atoms with Crippen LogP contribution in [0.3, 0.4) is 0 Å². The van der Waals surface area contributed by atoms with Crippen LogP contribution in [-0.2, 0) is 10.3 Å². The Morgan fingerprint density at radius 2 is 2.36 bits per heavy atom. The average Bonchev–Trinajstić information content (AvgIpc) is 1.79. The normalized spacial score (nSPS) is 13.1. The molecule has 0 radical (unpaired) electrons. The Balaban J connectivity index is 4.02. The molecule has 0 heterocycles. The van der Waals surface area contributed by atoms with Gasteiger partial charge in [0, 0.05) is 5.75 Å². The smallest absolute Gasteiger partial charge is 0.368 e. The van der Waals surface area contributed by atoms with Gasteiger partial charge in [-0.1, -0.05) is 18.9 Å². The van der Waals surface area contributed by atoms with Gasteiger partial charge in [-0.15, -0.1) is 4.40 Å². The van der Waals surface area contributed by atoms with Crippen LogP contribution >= 0.6 is 11.9 Å². The average molecular weight is 199 g/mol. The van der Waals surface area contributed by atoms with Crippen LogP contribution in [0.1, 0.15) is 6.92 Å². The number of hydrogen-bond donors (Lipinski definition) is 3. The second-order valence-electron chi connectivity index (χ2n) is 1.46. The molecule has 0 saturated heterocycles. The van der Waals surface area contributed by atoms with E-state index in [0.29, 0.717) is 5.75 Å². The summed E-state index contributed by atoms with van der Waals surface area (Å²) in [5, 5.41) is 0. The Hall–Kier alpha value is -0.470. The molecule has 0 atom stereocenters. The van der Waals surface area contributed by atoms with E-state index in [0.717, 1.165) is 0 Å². The molecule has 0 spiro atoms. The van der Waals surface area contributed by atoms with E-state index in [1.807, 2.05) is 6.92 Å². The Morgan fingerprint density at radius 1 is 1.82 bits per heavy atom. The van der Waals surface area contributed by atoms with Crippen LogP contribution < -0.4 is 10.5 Å². The first-order valence-corrected chi connectivity index (χ1v) is 5.04. The fraction of sp³-hybridized carbons (Fsp3) is 0.667. The zero-order valence-electron chi connectivity index (χ0n) is 5.81. The molecule has 0 aromatic heterocycles. The molecule has 4 N–H and O–H groups in total. The van der Waals surface area contributed by atoms with Crippen LogP contribution in [-0.4, -0.2) is 24.7 Å². The zero-order chi connectivity index (χ0) is 8.91. The summed E-state index contributed by atoms with van der Waals surface area (Å²) in [5.41, 5.74) is 5.02. The van der Waals surface area contributed by atoms with Gasteiger partial charge < -0.3 is 5.73 Å². The van der Waals surface area contributed by atoms with Gasteiger partial charge >= 0.3 is 10.3 Å². The van der Waals surface area contributed by atoms with Crippen molar-refractivity contribution in [3.63, 3.8) is 0 Å². The Labute approximate surface area is 69.3 Å². The summed E-state index contributed by atoms with van der Waals surface area (Å²) in [5.74, 6) is 0.376. The molecular formula is C3H9N3O3S2. The van der Waals surface area contributed by atoms with Crippen molar-refractivity contribution in [3.05, 3.63) is 0 Å². The molecule has 0 aliphatic carbocycles. The summed E-state index contributed by atoms with van der Waals surface area (Å²) in [6.07, 6.45) is 0. The molecule has 0 unspecified atom stereocenters. The van der Waals surface area contributed by atoms with Crippen molar-refractivity contribution in [2.75, 3.05) is 5.75 Å². The second-order valence-corrected chi connectivity index (χ2v) is 3.61. The van der Waals surface area contributed by atoms with Crippen molar-refractivity contribution in [2.24, 2.45) is 10.1 Å². The minimum atomic E-state index is -4.37. The monoisotopic (exact) mass is 199 g/mol. The van der Waals surface area contributed by atoms with Gasteiger partial charge in [0.1, 0.15) is 0 Å². The summed E-state index contributed by atoms with van der Waals surface area (Å²) in [7, 11) is -4.37. The van der Waals surface area contributed by atoms with E-state index in [-0.39, 0.29) is 5.96 Å². The maximum atomic E-state index is 10.0. The summed E-state index contributed by atoms with van der Waals surface area (Å²) in [6.45, 7) is 1.85.